The highest BCUT2D eigenvalue weighted by atomic mass is 19.1. The van der Waals surface area contributed by atoms with Gasteiger partial charge in [0.25, 0.3) is 5.91 Å². The van der Waals surface area contributed by atoms with E-state index in [0.29, 0.717) is 39.0 Å². The lowest BCUT2D eigenvalue weighted by molar-refractivity contribution is -0.127. The van der Waals surface area contributed by atoms with E-state index < -0.39 is 23.9 Å². The molecule has 0 spiro atoms. The van der Waals surface area contributed by atoms with Crippen LogP contribution in [0.5, 0.6) is 0 Å². The number of likely N-dealkylation sites (N-methyl/N-ethyl adjacent to an activating group) is 1. The van der Waals surface area contributed by atoms with Crippen molar-refractivity contribution < 1.29 is 23.9 Å². The quantitative estimate of drug-likeness (QED) is 0.643. The molecule has 0 aromatic heterocycles. The number of nitrogens with one attached hydrogen (secondary N) is 2. The van der Waals surface area contributed by atoms with Crippen LogP contribution >= 0.6 is 0 Å². The van der Waals surface area contributed by atoms with E-state index >= 15 is 0 Å². The van der Waals surface area contributed by atoms with Crippen LogP contribution in [0.2, 0.25) is 0 Å². The molecule has 1 saturated carbocycles. The van der Waals surface area contributed by atoms with E-state index in [9.17, 15) is 23.9 Å². The summed E-state index contributed by atoms with van der Waals surface area (Å²) in [7, 11) is 1.74. The van der Waals surface area contributed by atoms with Gasteiger partial charge in [-0.05, 0) is 37.5 Å². The number of halogens is 1. The summed E-state index contributed by atoms with van der Waals surface area (Å²) in [5, 5.41) is 15.9. The highest BCUT2D eigenvalue weighted by Gasteiger charge is 2.34. The van der Waals surface area contributed by atoms with Crippen LogP contribution in [0.4, 0.5) is 9.18 Å². The maximum Gasteiger partial charge on any atom is 0.319 e. The van der Waals surface area contributed by atoms with E-state index in [1.165, 1.54) is 18.2 Å². The third-order valence-electron chi connectivity index (χ3n) is 5.57. The van der Waals surface area contributed by atoms with Crippen LogP contribution in [-0.2, 0) is 4.79 Å². The average molecular weight is 406 g/mol. The second-order valence-corrected chi connectivity index (χ2v) is 7.65. The predicted octanol–water partition coefficient (Wildman–Crippen LogP) is 0.569. The predicted molar refractivity (Wildman–Crippen MR) is 104 cm³/mol. The van der Waals surface area contributed by atoms with E-state index in [1.54, 1.807) is 16.8 Å². The molecule has 3 rings (SSSR count). The topological polar surface area (TPSA) is 102 Å². The Morgan fingerprint density at radius 2 is 2.07 bits per heavy atom. The Labute approximate surface area is 169 Å². The molecule has 2 aliphatic rings. The molecule has 3 N–H and O–H groups in total. The number of carbonyl (C=O) groups is 3. The number of nitrogens with zero attached hydrogens (tertiary/aromatic N) is 2. The Bertz CT molecular complexity index is 775. The third-order valence-corrected chi connectivity index (χ3v) is 5.57. The monoisotopic (exact) mass is 406 g/mol. The lowest BCUT2D eigenvalue weighted by atomic mass is 9.83. The molecule has 1 saturated heterocycles. The van der Waals surface area contributed by atoms with E-state index in [2.05, 4.69) is 10.6 Å². The molecular weight excluding hydrogens is 379 g/mol. The van der Waals surface area contributed by atoms with Crippen molar-refractivity contribution in [3.8, 4) is 0 Å². The van der Waals surface area contributed by atoms with Crippen LogP contribution in [0.25, 0.3) is 0 Å². The molecule has 0 unspecified atom stereocenters. The van der Waals surface area contributed by atoms with Crippen molar-refractivity contribution in [3.63, 3.8) is 0 Å². The van der Waals surface area contributed by atoms with Gasteiger partial charge in [0.05, 0.1) is 12.1 Å². The number of amides is 4. The molecule has 29 heavy (non-hydrogen) atoms. The SMILES string of the molecule is CN1CCN(CCNC(=O)[C@H]2CC[C@H](NC(=O)c3cccc(F)c3)[C@@H](O)C2)C1=O. The van der Waals surface area contributed by atoms with Crippen molar-refractivity contribution in [1.29, 1.82) is 0 Å². The summed E-state index contributed by atoms with van der Waals surface area (Å²) in [6.07, 6.45) is 0.370. The first-order valence-electron chi connectivity index (χ1n) is 9.87. The summed E-state index contributed by atoms with van der Waals surface area (Å²) in [6, 6.07) is 4.84. The molecule has 1 aliphatic carbocycles. The fourth-order valence-corrected chi connectivity index (χ4v) is 3.80. The molecule has 8 nitrogen and oxygen atoms in total. The van der Waals surface area contributed by atoms with E-state index in [0.717, 1.165) is 6.07 Å². The molecule has 158 valence electrons. The van der Waals surface area contributed by atoms with Gasteiger partial charge in [-0.2, -0.15) is 0 Å². The van der Waals surface area contributed by atoms with E-state index in [4.69, 9.17) is 0 Å². The smallest absolute Gasteiger partial charge is 0.319 e. The zero-order chi connectivity index (χ0) is 21.0. The van der Waals surface area contributed by atoms with Crippen molar-refractivity contribution >= 4 is 17.8 Å². The molecular formula is C20H27FN4O4. The number of rotatable bonds is 6. The van der Waals surface area contributed by atoms with Crippen molar-refractivity contribution in [3.05, 3.63) is 35.6 Å². The van der Waals surface area contributed by atoms with Gasteiger partial charge in [-0.15, -0.1) is 0 Å². The molecule has 0 radical (unpaired) electrons. The van der Waals surface area contributed by atoms with Crippen molar-refractivity contribution in [2.45, 2.75) is 31.4 Å². The lowest BCUT2D eigenvalue weighted by Crippen LogP contribution is -2.49. The molecule has 4 amide bonds. The Hall–Kier alpha value is -2.68. The summed E-state index contributed by atoms with van der Waals surface area (Å²) in [4.78, 5) is 39.8. The molecule has 3 atom stereocenters. The van der Waals surface area contributed by atoms with Crippen molar-refractivity contribution in [1.82, 2.24) is 20.4 Å². The van der Waals surface area contributed by atoms with Gasteiger partial charge in [0.1, 0.15) is 5.82 Å². The first-order chi connectivity index (χ1) is 13.8. The van der Waals surface area contributed by atoms with Crippen molar-refractivity contribution in [2.24, 2.45) is 5.92 Å². The van der Waals surface area contributed by atoms with Gasteiger partial charge in [0, 0.05) is 44.7 Å². The van der Waals surface area contributed by atoms with Crippen LogP contribution in [0.3, 0.4) is 0 Å². The van der Waals surface area contributed by atoms with Gasteiger partial charge in [-0.3, -0.25) is 9.59 Å². The molecule has 1 aromatic rings. The first-order valence-corrected chi connectivity index (χ1v) is 9.87. The number of urea groups is 1. The summed E-state index contributed by atoms with van der Waals surface area (Å²) in [6.45, 7) is 2.16. The fourth-order valence-electron chi connectivity index (χ4n) is 3.80. The van der Waals surface area contributed by atoms with Gasteiger partial charge in [-0.25, -0.2) is 9.18 Å². The Morgan fingerprint density at radius 3 is 2.72 bits per heavy atom. The minimum absolute atomic E-state index is 0.0378. The summed E-state index contributed by atoms with van der Waals surface area (Å²) >= 11 is 0. The van der Waals surface area contributed by atoms with Crippen LogP contribution < -0.4 is 10.6 Å². The van der Waals surface area contributed by atoms with Crippen LogP contribution in [0, 0.1) is 11.7 Å². The zero-order valence-corrected chi connectivity index (χ0v) is 16.4. The normalized spacial score (nSPS) is 24.5. The number of carbonyl (C=O) groups excluding carboxylic acids is 3. The third kappa shape index (κ3) is 5.23. The standard InChI is InChI=1S/C20H27FN4O4/c1-24-9-10-25(20(24)29)8-7-22-18(27)14-5-6-16(17(26)12-14)23-19(28)13-3-2-4-15(21)11-13/h2-4,11,14,16-17,26H,5-10,12H2,1H3,(H,22,27)(H,23,28)/t14-,16-,17-/m0/s1. The number of hydrogen-bond acceptors (Lipinski definition) is 4. The zero-order valence-electron chi connectivity index (χ0n) is 16.4. The van der Waals surface area contributed by atoms with Crippen LogP contribution in [0.15, 0.2) is 24.3 Å². The Kier molecular flexibility index (Phi) is 6.68. The molecule has 2 fully saturated rings. The van der Waals surface area contributed by atoms with Gasteiger partial charge in [0.15, 0.2) is 0 Å². The molecule has 9 heteroatoms. The Morgan fingerprint density at radius 1 is 1.28 bits per heavy atom. The average Bonchev–Trinajstić information content (AvgIpc) is 3.01. The van der Waals surface area contributed by atoms with Gasteiger partial charge >= 0.3 is 6.03 Å². The second kappa shape index (κ2) is 9.21. The fraction of sp³-hybridized carbons (Fsp3) is 0.550. The second-order valence-electron chi connectivity index (χ2n) is 7.65. The highest BCUT2D eigenvalue weighted by molar-refractivity contribution is 5.94. The summed E-state index contributed by atoms with van der Waals surface area (Å²) < 4.78 is 13.3. The van der Waals surface area contributed by atoms with E-state index in [-0.39, 0.29) is 29.8 Å². The van der Waals surface area contributed by atoms with Gasteiger partial charge < -0.3 is 25.5 Å². The Balaban J connectivity index is 1.42. The summed E-state index contributed by atoms with van der Waals surface area (Å²) in [5.41, 5.74) is 0.194. The molecule has 1 heterocycles. The maximum atomic E-state index is 13.3. The van der Waals surface area contributed by atoms with Crippen LogP contribution in [-0.4, -0.2) is 78.1 Å². The highest BCUT2D eigenvalue weighted by Crippen LogP contribution is 2.25. The number of hydrogen-bond donors (Lipinski definition) is 3. The number of aliphatic hydroxyl groups excluding tert-OH is 1. The molecule has 1 aromatic carbocycles. The van der Waals surface area contributed by atoms with Crippen LogP contribution in [0.1, 0.15) is 29.6 Å². The van der Waals surface area contributed by atoms with Crippen molar-refractivity contribution in [2.75, 3.05) is 33.2 Å². The maximum absolute atomic E-state index is 13.3. The number of aliphatic hydroxyl groups is 1. The van der Waals surface area contributed by atoms with Gasteiger partial charge in [-0.1, -0.05) is 6.07 Å². The lowest BCUT2D eigenvalue weighted by Gasteiger charge is -2.33. The van der Waals surface area contributed by atoms with E-state index in [1.807, 2.05) is 0 Å². The minimum Gasteiger partial charge on any atom is -0.391 e. The summed E-state index contributed by atoms with van der Waals surface area (Å²) in [5.74, 6) is -1.44. The van der Waals surface area contributed by atoms with Gasteiger partial charge in [0.2, 0.25) is 5.91 Å². The number of benzene rings is 1. The minimum atomic E-state index is -0.856. The first kappa shape index (κ1) is 21.0. The molecule has 1 aliphatic heterocycles. The molecule has 0 bridgehead atoms. The largest absolute Gasteiger partial charge is 0.391 e.